The lowest BCUT2D eigenvalue weighted by Gasteiger charge is -1.97. The summed E-state index contributed by atoms with van der Waals surface area (Å²) >= 11 is 0. The Morgan fingerprint density at radius 3 is 2.64 bits per heavy atom. The lowest BCUT2D eigenvalue weighted by Crippen LogP contribution is -2.30. The van der Waals surface area contributed by atoms with Gasteiger partial charge in [-0.1, -0.05) is 0 Å². The number of hydrogen-bond donors (Lipinski definition) is 3. The minimum absolute atomic E-state index is 0.240. The molecule has 5 heteroatoms. The van der Waals surface area contributed by atoms with Gasteiger partial charge in [-0.2, -0.15) is 0 Å². The predicted molar refractivity (Wildman–Crippen MR) is 40.6 cm³/mol. The Morgan fingerprint density at radius 1 is 1.55 bits per heavy atom. The van der Waals surface area contributed by atoms with E-state index in [-0.39, 0.29) is 12.2 Å². The van der Waals surface area contributed by atoms with E-state index < -0.39 is 6.03 Å². The maximum atomic E-state index is 10.5. The molecule has 11 heavy (non-hydrogen) atoms. The molecule has 0 spiro atoms. The Labute approximate surface area is 64.5 Å². The predicted octanol–water partition coefficient (Wildman–Crippen LogP) is -0.346. The summed E-state index contributed by atoms with van der Waals surface area (Å²) in [6, 6.07) is -0.590. The Bertz CT molecular complexity index is 167. The van der Waals surface area contributed by atoms with Gasteiger partial charge in [-0.05, 0) is 6.42 Å². The molecule has 0 unspecified atom stereocenters. The number of carbonyl (C=O) groups excluding carboxylic acids is 2. The van der Waals surface area contributed by atoms with Gasteiger partial charge >= 0.3 is 6.03 Å². The quantitative estimate of drug-likeness (QED) is 0.375. The van der Waals surface area contributed by atoms with Crippen LogP contribution in [0.3, 0.4) is 0 Å². The van der Waals surface area contributed by atoms with Gasteiger partial charge in [0.2, 0.25) is 0 Å². The van der Waals surface area contributed by atoms with Crippen LogP contribution in [0.15, 0.2) is 0 Å². The van der Waals surface area contributed by atoms with Crippen LogP contribution < -0.4 is 11.1 Å². The molecular formula is C6H11N3O2. The van der Waals surface area contributed by atoms with Crippen LogP contribution in [-0.4, -0.2) is 24.6 Å². The number of ketones is 1. The smallest absolute Gasteiger partial charge is 0.312 e. The molecule has 62 valence electrons. The van der Waals surface area contributed by atoms with Gasteiger partial charge in [0, 0.05) is 13.0 Å². The summed E-state index contributed by atoms with van der Waals surface area (Å²) < 4.78 is 0. The molecule has 0 aromatic heterocycles. The highest BCUT2D eigenvalue weighted by Crippen LogP contribution is 1.85. The van der Waals surface area contributed by atoms with Crippen molar-refractivity contribution in [3.05, 3.63) is 0 Å². The zero-order valence-corrected chi connectivity index (χ0v) is 6.09. The molecule has 0 aliphatic carbocycles. The average Bonchev–Trinajstić information content (AvgIpc) is 1.97. The van der Waals surface area contributed by atoms with Crippen LogP contribution in [0.1, 0.15) is 12.8 Å². The Morgan fingerprint density at radius 2 is 2.18 bits per heavy atom. The van der Waals surface area contributed by atoms with E-state index in [0.717, 1.165) is 6.21 Å². The maximum Gasteiger partial charge on any atom is 0.312 e. The molecule has 0 aromatic carbocycles. The molecule has 0 heterocycles. The molecular weight excluding hydrogens is 146 g/mol. The van der Waals surface area contributed by atoms with Crippen LogP contribution in [0.5, 0.6) is 0 Å². The second-order valence-electron chi connectivity index (χ2n) is 2.01. The number of rotatable bonds is 5. The monoisotopic (exact) mass is 157 g/mol. The molecule has 0 rings (SSSR count). The van der Waals surface area contributed by atoms with Crippen molar-refractivity contribution in [2.45, 2.75) is 12.8 Å². The third-order valence-electron chi connectivity index (χ3n) is 1.06. The molecule has 0 atom stereocenters. The minimum atomic E-state index is -0.590. The number of nitrogens with two attached hydrogens (primary N) is 1. The summed E-state index contributed by atoms with van der Waals surface area (Å²) in [5.41, 5.74) is 4.76. The lowest BCUT2D eigenvalue weighted by molar-refractivity contribution is -0.112. The molecule has 0 aromatic rings. The second kappa shape index (κ2) is 5.40. The first-order valence-corrected chi connectivity index (χ1v) is 3.23. The van der Waals surface area contributed by atoms with Gasteiger partial charge in [-0.15, -0.1) is 0 Å². The van der Waals surface area contributed by atoms with Crippen molar-refractivity contribution in [1.29, 1.82) is 5.41 Å². The van der Waals surface area contributed by atoms with Gasteiger partial charge in [0.25, 0.3) is 0 Å². The molecule has 4 N–H and O–H groups in total. The zero-order valence-electron chi connectivity index (χ0n) is 6.09. The fourth-order valence-electron chi connectivity index (χ4n) is 0.546. The van der Waals surface area contributed by atoms with Crippen LogP contribution in [0.2, 0.25) is 0 Å². The zero-order chi connectivity index (χ0) is 8.69. The highest BCUT2D eigenvalue weighted by atomic mass is 16.2. The maximum absolute atomic E-state index is 10.5. The van der Waals surface area contributed by atoms with Crippen LogP contribution in [0.4, 0.5) is 4.79 Å². The lowest BCUT2D eigenvalue weighted by atomic mass is 10.2. The molecule has 0 aliphatic heterocycles. The number of carbonyl (C=O) groups is 2. The van der Waals surface area contributed by atoms with Gasteiger partial charge in [0.1, 0.15) is 0 Å². The minimum Gasteiger partial charge on any atom is -0.352 e. The van der Waals surface area contributed by atoms with Crippen molar-refractivity contribution >= 4 is 18.0 Å². The van der Waals surface area contributed by atoms with Crippen LogP contribution >= 0.6 is 0 Å². The van der Waals surface area contributed by atoms with Gasteiger partial charge in [0.15, 0.2) is 5.78 Å². The van der Waals surface area contributed by atoms with Crippen molar-refractivity contribution < 1.29 is 9.59 Å². The van der Waals surface area contributed by atoms with E-state index >= 15 is 0 Å². The molecule has 0 bridgehead atoms. The normalized spacial score (nSPS) is 8.73. The van der Waals surface area contributed by atoms with Crippen molar-refractivity contribution in [2.24, 2.45) is 5.73 Å². The van der Waals surface area contributed by atoms with E-state index in [1.807, 2.05) is 0 Å². The average molecular weight is 157 g/mol. The summed E-state index contributed by atoms with van der Waals surface area (Å²) in [6.45, 7) is 0.384. The number of urea groups is 1. The SMILES string of the molecule is N=CC(=O)CCCNC(N)=O. The number of amides is 2. The van der Waals surface area contributed by atoms with Gasteiger partial charge in [0.05, 0.1) is 6.21 Å². The van der Waals surface area contributed by atoms with E-state index in [2.05, 4.69) is 5.32 Å². The fraction of sp³-hybridized carbons (Fsp3) is 0.500. The third-order valence-corrected chi connectivity index (χ3v) is 1.06. The Balaban J connectivity index is 3.21. The number of Topliss-reactive ketones (excluding diaryl/α,β-unsaturated/α-hetero) is 1. The van der Waals surface area contributed by atoms with Crippen molar-refractivity contribution in [1.82, 2.24) is 5.32 Å². The van der Waals surface area contributed by atoms with Crippen LogP contribution in [0.25, 0.3) is 0 Å². The Hall–Kier alpha value is -1.39. The van der Waals surface area contributed by atoms with Crippen LogP contribution in [0, 0.1) is 5.41 Å². The fourth-order valence-corrected chi connectivity index (χ4v) is 0.546. The molecule has 5 nitrogen and oxygen atoms in total. The highest BCUT2D eigenvalue weighted by Gasteiger charge is 1.96. The van der Waals surface area contributed by atoms with Crippen molar-refractivity contribution in [2.75, 3.05) is 6.54 Å². The van der Waals surface area contributed by atoms with E-state index in [9.17, 15) is 9.59 Å². The number of hydrogen-bond acceptors (Lipinski definition) is 3. The summed E-state index contributed by atoms with van der Waals surface area (Å²) in [7, 11) is 0. The molecule has 0 radical (unpaired) electrons. The second-order valence-corrected chi connectivity index (χ2v) is 2.01. The first-order valence-electron chi connectivity index (χ1n) is 3.23. The van der Waals surface area contributed by atoms with Gasteiger partial charge in [-0.25, -0.2) is 4.79 Å². The first kappa shape index (κ1) is 9.61. The van der Waals surface area contributed by atoms with E-state index in [0.29, 0.717) is 13.0 Å². The number of primary amides is 1. The van der Waals surface area contributed by atoms with E-state index in [1.54, 1.807) is 0 Å². The van der Waals surface area contributed by atoms with E-state index in [1.165, 1.54) is 0 Å². The van der Waals surface area contributed by atoms with Gasteiger partial charge < -0.3 is 16.5 Å². The first-order chi connectivity index (χ1) is 5.16. The molecule has 2 amide bonds. The van der Waals surface area contributed by atoms with Crippen LogP contribution in [-0.2, 0) is 4.79 Å². The molecule has 0 aliphatic rings. The largest absolute Gasteiger partial charge is 0.352 e. The van der Waals surface area contributed by atoms with Crippen molar-refractivity contribution in [3.8, 4) is 0 Å². The summed E-state index contributed by atoms with van der Waals surface area (Å²) in [6.07, 6.45) is 1.57. The van der Waals surface area contributed by atoms with Gasteiger partial charge in [-0.3, -0.25) is 4.79 Å². The summed E-state index contributed by atoms with van der Waals surface area (Å²) in [5, 5.41) is 8.88. The molecule has 0 fully saturated rings. The summed E-state index contributed by atoms with van der Waals surface area (Å²) in [5.74, 6) is -0.240. The Kier molecular flexibility index (Phi) is 4.72. The van der Waals surface area contributed by atoms with Crippen molar-refractivity contribution in [3.63, 3.8) is 0 Å². The standard InChI is InChI=1S/C6H11N3O2/c7-4-5(10)2-1-3-9-6(8)11/h4,7H,1-3H2,(H3,8,9,11). The topological polar surface area (TPSA) is 96.0 Å². The molecule has 0 saturated carbocycles. The number of nitrogens with one attached hydrogen (secondary N) is 2. The summed E-state index contributed by atoms with van der Waals surface area (Å²) in [4.78, 5) is 20.6. The third kappa shape index (κ3) is 6.50. The van der Waals surface area contributed by atoms with E-state index in [4.69, 9.17) is 11.1 Å². The molecule has 0 saturated heterocycles. The highest BCUT2D eigenvalue weighted by molar-refractivity contribution is 6.26.